The SMILES string of the molecule is Cc1c(O)n(-c2ccc(OC(F)(F)F)cc2)c(=O)n1Cc1ccnc(F)c1. The number of imidazole rings is 1. The molecule has 0 bridgehead atoms. The Labute approximate surface area is 149 Å². The van der Waals surface area contributed by atoms with Gasteiger partial charge < -0.3 is 9.84 Å². The van der Waals surface area contributed by atoms with E-state index in [0.29, 0.717) is 5.56 Å². The van der Waals surface area contributed by atoms with E-state index in [1.54, 1.807) is 0 Å². The summed E-state index contributed by atoms with van der Waals surface area (Å²) in [5, 5.41) is 10.3. The average molecular weight is 383 g/mol. The van der Waals surface area contributed by atoms with E-state index < -0.39 is 23.7 Å². The molecule has 3 rings (SSSR count). The number of alkyl halides is 3. The Morgan fingerprint density at radius 3 is 2.44 bits per heavy atom. The van der Waals surface area contributed by atoms with E-state index in [1.807, 2.05) is 0 Å². The highest BCUT2D eigenvalue weighted by molar-refractivity contribution is 5.41. The Balaban J connectivity index is 1.96. The highest BCUT2D eigenvalue weighted by Gasteiger charge is 2.31. The fourth-order valence-corrected chi connectivity index (χ4v) is 2.58. The standard InChI is InChI=1S/C17H13F4N3O3/c1-10-15(25)24(12-2-4-13(5-3-12)27-17(19,20)21)16(26)23(10)9-11-6-7-22-14(18)8-11/h2-8,25H,9H2,1H3. The van der Waals surface area contributed by atoms with E-state index in [0.717, 1.165) is 22.8 Å². The smallest absolute Gasteiger partial charge is 0.493 e. The van der Waals surface area contributed by atoms with Crippen molar-refractivity contribution < 1.29 is 27.4 Å². The monoisotopic (exact) mass is 383 g/mol. The highest BCUT2D eigenvalue weighted by atomic mass is 19.4. The third-order valence-corrected chi connectivity index (χ3v) is 3.82. The van der Waals surface area contributed by atoms with Gasteiger partial charge in [-0.05, 0) is 48.9 Å². The Morgan fingerprint density at radius 2 is 1.85 bits per heavy atom. The summed E-state index contributed by atoms with van der Waals surface area (Å²) in [4.78, 5) is 16.1. The van der Waals surface area contributed by atoms with E-state index >= 15 is 0 Å². The van der Waals surface area contributed by atoms with Gasteiger partial charge in [-0.3, -0.25) is 4.57 Å². The van der Waals surface area contributed by atoms with Crippen LogP contribution in [0, 0.1) is 12.9 Å². The van der Waals surface area contributed by atoms with Gasteiger partial charge in [0.05, 0.1) is 17.9 Å². The van der Waals surface area contributed by atoms with Crippen LogP contribution in [0.1, 0.15) is 11.3 Å². The summed E-state index contributed by atoms with van der Waals surface area (Å²) in [6.07, 6.45) is -3.58. The molecule has 0 atom stereocenters. The molecule has 27 heavy (non-hydrogen) atoms. The summed E-state index contributed by atoms with van der Waals surface area (Å²) in [6, 6.07) is 7.14. The Hall–Kier alpha value is -3.30. The van der Waals surface area contributed by atoms with Crippen LogP contribution in [0.2, 0.25) is 0 Å². The van der Waals surface area contributed by atoms with Crippen LogP contribution in [0.3, 0.4) is 0 Å². The zero-order chi connectivity index (χ0) is 19.8. The van der Waals surface area contributed by atoms with Gasteiger partial charge in [-0.1, -0.05) is 0 Å². The van der Waals surface area contributed by atoms with Crippen LogP contribution in [0.15, 0.2) is 47.4 Å². The third-order valence-electron chi connectivity index (χ3n) is 3.82. The Kier molecular flexibility index (Phi) is 4.64. The number of halogens is 4. The first-order valence-corrected chi connectivity index (χ1v) is 7.63. The Bertz CT molecular complexity index is 1020. The van der Waals surface area contributed by atoms with Crippen LogP contribution < -0.4 is 10.4 Å². The van der Waals surface area contributed by atoms with Gasteiger partial charge in [-0.25, -0.2) is 14.3 Å². The van der Waals surface area contributed by atoms with E-state index in [1.165, 1.54) is 35.9 Å². The Morgan fingerprint density at radius 1 is 1.19 bits per heavy atom. The molecule has 0 amide bonds. The number of rotatable bonds is 4. The molecule has 0 radical (unpaired) electrons. The average Bonchev–Trinajstić information content (AvgIpc) is 2.78. The number of ether oxygens (including phenoxy) is 1. The van der Waals surface area contributed by atoms with Crippen molar-refractivity contribution in [3.63, 3.8) is 0 Å². The van der Waals surface area contributed by atoms with Crippen molar-refractivity contribution >= 4 is 0 Å². The van der Waals surface area contributed by atoms with E-state index in [9.17, 15) is 27.5 Å². The third kappa shape index (κ3) is 3.94. The molecule has 0 saturated heterocycles. The van der Waals surface area contributed by atoms with Crippen LogP contribution in [0.25, 0.3) is 5.69 Å². The van der Waals surface area contributed by atoms with Gasteiger partial charge in [0.2, 0.25) is 11.8 Å². The molecule has 142 valence electrons. The second kappa shape index (κ2) is 6.78. The number of pyridine rings is 1. The zero-order valence-electron chi connectivity index (χ0n) is 13.9. The number of hydrogen-bond donors (Lipinski definition) is 1. The number of nitrogens with zero attached hydrogens (tertiary/aromatic N) is 3. The van der Waals surface area contributed by atoms with Crippen molar-refractivity contribution in [2.45, 2.75) is 19.8 Å². The minimum atomic E-state index is -4.83. The second-order valence-corrected chi connectivity index (χ2v) is 5.64. The van der Waals surface area contributed by atoms with E-state index in [4.69, 9.17) is 0 Å². The fourth-order valence-electron chi connectivity index (χ4n) is 2.58. The molecule has 10 heteroatoms. The van der Waals surface area contributed by atoms with Gasteiger partial charge >= 0.3 is 12.1 Å². The molecule has 1 aromatic carbocycles. The summed E-state index contributed by atoms with van der Waals surface area (Å²) < 4.78 is 55.9. The molecule has 6 nitrogen and oxygen atoms in total. The quantitative estimate of drug-likeness (QED) is 0.555. The summed E-state index contributed by atoms with van der Waals surface area (Å²) in [7, 11) is 0. The fraction of sp³-hybridized carbons (Fsp3) is 0.176. The topological polar surface area (TPSA) is 69.3 Å². The van der Waals surface area contributed by atoms with Crippen molar-refractivity contribution in [3.05, 3.63) is 70.3 Å². The minimum absolute atomic E-state index is 0.0140. The maximum Gasteiger partial charge on any atom is 0.573 e. The molecule has 2 heterocycles. The normalized spacial score (nSPS) is 11.6. The van der Waals surface area contributed by atoms with Crippen molar-refractivity contribution in [1.82, 2.24) is 14.1 Å². The van der Waals surface area contributed by atoms with Gasteiger partial charge in [0.25, 0.3) is 0 Å². The number of benzene rings is 1. The first kappa shape index (κ1) is 18.5. The molecular weight excluding hydrogens is 370 g/mol. The predicted molar refractivity (Wildman–Crippen MR) is 86.4 cm³/mol. The van der Waals surface area contributed by atoms with E-state index in [2.05, 4.69) is 9.72 Å². The van der Waals surface area contributed by atoms with Crippen molar-refractivity contribution in [3.8, 4) is 17.3 Å². The van der Waals surface area contributed by atoms with Gasteiger partial charge in [-0.15, -0.1) is 13.2 Å². The minimum Gasteiger partial charge on any atom is -0.493 e. The molecule has 3 aromatic rings. The lowest BCUT2D eigenvalue weighted by Gasteiger charge is -2.09. The molecule has 1 N–H and O–H groups in total. The lowest BCUT2D eigenvalue weighted by Crippen LogP contribution is -2.24. The lowest BCUT2D eigenvalue weighted by molar-refractivity contribution is -0.274. The molecule has 0 aliphatic heterocycles. The van der Waals surface area contributed by atoms with Gasteiger partial charge in [0.1, 0.15) is 5.75 Å². The summed E-state index contributed by atoms with van der Waals surface area (Å²) in [5.74, 6) is -1.54. The van der Waals surface area contributed by atoms with Crippen molar-refractivity contribution in [2.24, 2.45) is 0 Å². The molecular formula is C17H13F4N3O3. The maximum atomic E-state index is 13.2. The predicted octanol–water partition coefficient (Wildman–Crippen LogP) is 3.13. The van der Waals surface area contributed by atoms with Gasteiger partial charge in [-0.2, -0.15) is 4.39 Å². The second-order valence-electron chi connectivity index (χ2n) is 5.64. The molecule has 0 unspecified atom stereocenters. The van der Waals surface area contributed by atoms with Crippen molar-refractivity contribution in [1.29, 1.82) is 0 Å². The zero-order valence-corrected chi connectivity index (χ0v) is 13.9. The first-order valence-electron chi connectivity index (χ1n) is 7.63. The molecule has 0 aliphatic carbocycles. The highest BCUT2D eigenvalue weighted by Crippen LogP contribution is 2.25. The molecule has 0 fully saturated rings. The number of aromatic hydroxyl groups is 1. The summed E-state index contributed by atoms with van der Waals surface area (Å²) in [6.45, 7) is 1.48. The maximum absolute atomic E-state index is 13.2. The number of hydrogen-bond acceptors (Lipinski definition) is 4. The van der Waals surface area contributed by atoms with Crippen molar-refractivity contribution in [2.75, 3.05) is 0 Å². The van der Waals surface area contributed by atoms with Crippen LogP contribution >= 0.6 is 0 Å². The first-order chi connectivity index (χ1) is 12.7. The van der Waals surface area contributed by atoms with Crippen LogP contribution in [0.4, 0.5) is 17.6 Å². The summed E-state index contributed by atoms with van der Waals surface area (Å²) >= 11 is 0. The van der Waals surface area contributed by atoms with Gasteiger partial charge in [0, 0.05) is 6.20 Å². The molecule has 0 spiro atoms. The van der Waals surface area contributed by atoms with Crippen LogP contribution in [0.5, 0.6) is 11.6 Å². The lowest BCUT2D eigenvalue weighted by atomic mass is 10.2. The van der Waals surface area contributed by atoms with Crippen LogP contribution in [-0.4, -0.2) is 25.6 Å². The largest absolute Gasteiger partial charge is 0.573 e. The summed E-state index contributed by atoms with van der Waals surface area (Å²) in [5.41, 5.74) is 0.188. The van der Waals surface area contributed by atoms with Crippen LogP contribution in [-0.2, 0) is 6.54 Å². The van der Waals surface area contributed by atoms with Gasteiger partial charge in [0.15, 0.2) is 0 Å². The molecule has 0 saturated carbocycles. The molecule has 0 aliphatic rings. The number of aromatic nitrogens is 3. The molecule has 2 aromatic heterocycles. The van der Waals surface area contributed by atoms with E-state index in [-0.39, 0.29) is 23.8 Å².